The molecule has 1 N–H and O–H groups in total. The number of benzene rings is 2. The van der Waals surface area contributed by atoms with Gasteiger partial charge in [0.1, 0.15) is 11.6 Å². The van der Waals surface area contributed by atoms with Crippen molar-refractivity contribution in [3.63, 3.8) is 0 Å². The van der Waals surface area contributed by atoms with E-state index in [0.717, 1.165) is 36.9 Å². The normalized spacial score (nSPS) is 14.9. The van der Waals surface area contributed by atoms with Crippen molar-refractivity contribution >= 4 is 17.4 Å². The Balaban J connectivity index is 1.35. The van der Waals surface area contributed by atoms with Crippen LogP contribution < -0.4 is 10.2 Å². The molecular weight excluding hydrogens is 400 g/mol. The molecule has 1 aliphatic rings. The van der Waals surface area contributed by atoms with E-state index in [-0.39, 0.29) is 29.7 Å². The van der Waals surface area contributed by atoms with Crippen LogP contribution in [0.3, 0.4) is 0 Å². The maximum atomic E-state index is 13.9. The second kappa shape index (κ2) is 11.0. The summed E-state index contributed by atoms with van der Waals surface area (Å²) in [7, 11) is 2.03. The second-order valence-electron chi connectivity index (χ2n) is 8.00. The Bertz CT molecular complexity index is 884. The highest BCUT2D eigenvalue weighted by molar-refractivity contribution is 5.98. The van der Waals surface area contributed by atoms with Crippen molar-refractivity contribution in [1.29, 1.82) is 0 Å². The van der Waals surface area contributed by atoms with Crippen LogP contribution in [-0.4, -0.2) is 56.4 Å². The largest absolute Gasteiger partial charge is 0.375 e. The summed E-state index contributed by atoms with van der Waals surface area (Å²) in [4.78, 5) is 28.9. The fourth-order valence-electron chi connectivity index (χ4n) is 3.87. The summed E-state index contributed by atoms with van der Waals surface area (Å²) in [5.74, 6) is -2.05. The minimum absolute atomic E-state index is 0.0386. The minimum atomic E-state index is -0.689. The number of nitrogens with zero attached hydrogens (tertiary/aromatic N) is 2. The molecule has 0 saturated carbocycles. The lowest BCUT2D eigenvalue weighted by Gasteiger charge is -2.30. The molecule has 0 aromatic heterocycles. The number of halogens is 2. The highest BCUT2D eigenvalue weighted by Gasteiger charge is 2.28. The summed E-state index contributed by atoms with van der Waals surface area (Å²) in [6, 6.07) is 13.0. The Kier molecular flexibility index (Phi) is 8.12. The molecule has 0 bridgehead atoms. The molecule has 3 rings (SSSR count). The van der Waals surface area contributed by atoms with E-state index in [1.807, 2.05) is 30.1 Å². The average molecular weight is 430 g/mol. The number of nitrogens with one attached hydrogen (secondary N) is 1. The lowest BCUT2D eigenvalue weighted by Crippen LogP contribution is -2.43. The predicted octanol–water partition coefficient (Wildman–Crippen LogP) is 3.50. The Hall–Kier alpha value is -2.80. The van der Waals surface area contributed by atoms with E-state index in [4.69, 9.17) is 0 Å². The molecule has 31 heavy (non-hydrogen) atoms. The van der Waals surface area contributed by atoms with Gasteiger partial charge in [-0.25, -0.2) is 8.78 Å². The molecular formula is C24H29F2N3O2. The molecule has 166 valence electrons. The topological polar surface area (TPSA) is 52.7 Å². The molecule has 2 aromatic carbocycles. The van der Waals surface area contributed by atoms with E-state index in [2.05, 4.69) is 22.3 Å². The molecule has 1 saturated heterocycles. The molecule has 1 amide bonds. The number of amides is 1. The quantitative estimate of drug-likeness (QED) is 0.490. The van der Waals surface area contributed by atoms with Crippen LogP contribution in [0, 0.1) is 17.6 Å². The summed E-state index contributed by atoms with van der Waals surface area (Å²) in [5, 5.41) is 2.94. The van der Waals surface area contributed by atoms with E-state index in [1.54, 1.807) is 0 Å². The van der Waals surface area contributed by atoms with Crippen LogP contribution in [0.25, 0.3) is 0 Å². The van der Waals surface area contributed by atoms with Gasteiger partial charge < -0.3 is 10.2 Å². The van der Waals surface area contributed by atoms with Crippen LogP contribution in [0.15, 0.2) is 48.5 Å². The first-order chi connectivity index (χ1) is 14.9. The van der Waals surface area contributed by atoms with Gasteiger partial charge in [-0.15, -0.1) is 0 Å². The molecule has 1 fully saturated rings. The number of piperidine rings is 1. The monoisotopic (exact) mass is 429 g/mol. The number of ketones is 1. The molecule has 0 atom stereocenters. The molecule has 0 radical (unpaired) electrons. The maximum Gasteiger partial charge on any atom is 0.234 e. The van der Waals surface area contributed by atoms with Crippen LogP contribution in [0.2, 0.25) is 0 Å². The SMILES string of the molecule is CN(CCCNC(=O)CN1CCC(C(=O)c2cc(F)ccc2F)CC1)c1ccccc1. The van der Waals surface area contributed by atoms with Gasteiger partial charge in [-0.05, 0) is 62.7 Å². The van der Waals surface area contributed by atoms with E-state index < -0.39 is 11.6 Å². The van der Waals surface area contributed by atoms with Crippen LogP contribution in [0.5, 0.6) is 0 Å². The first kappa shape index (κ1) is 22.9. The van der Waals surface area contributed by atoms with Gasteiger partial charge in [0.25, 0.3) is 0 Å². The fourth-order valence-corrected chi connectivity index (χ4v) is 3.87. The second-order valence-corrected chi connectivity index (χ2v) is 8.00. The van der Waals surface area contributed by atoms with Gasteiger partial charge in [-0.1, -0.05) is 18.2 Å². The van der Waals surface area contributed by atoms with Crippen molar-refractivity contribution in [2.75, 3.05) is 44.7 Å². The van der Waals surface area contributed by atoms with Crippen LogP contribution in [0.4, 0.5) is 14.5 Å². The van der Waals surface area contributed by atoms with Crippen molar-refractivity contribution in [3.05, 3.63) is 65.7 Å². The van der Waals surface area contributed by atoms with Gasteiger partial charge in [-0.3, -0.25) is 14.5 Å². The Morgan fingerprint density at radius 1 is 1.10 bits per heavy atom. The van der Waals surface area contributed by atoms with E-state index in [1.165, 1.54) is 0 Å². The number of rotatable bonds is 9. The Labute approximate surface area is 182 Å². The third kappa shape index (κ3) is 6.59. The van der Waals surface area contributed by atoms with Crippen molar-refractivity contribution in [1.82, 2.24) is 10.2 Å². The number of para-hydroxylation sites is 1. The van der Waals surface area contributed by atoms with Gasteiger partial charge in [-0.2, -0.15) is 0 Å². The zero-order valence-corrected chi connectivity index (χ0v) is 17.8. The number of Topliss-reactive ketones (excluding diaryl/α,β-unsaturated/α-hetero) is 1. The minimum Gasteiger partial charge on any atom is -0.375 e. The zero-order valence-electron chi connectivity index (χ0n) is 17.8. The molecule has 7 heteroatoms. The highest BCUT2D eigenvalue weighted by atomic mass is 19.1. The Morgan fingerprint density at radius 3 is 2.52 bits per heavy atom. The Morgan fingerprint density at radius 2 is 1.81 bits per heavy atom. The number of carbonyl (C=O) groups excluding carboxylic acids is 2. The molecule has 5 nitrogen and oxygen atoms in total. The zero-order chi connectivity index (χ0) is 22.2. The molecule has 0 spiro atoms. The van der Waals surface area contributed by atoms with Crippen LogP contribution in [0.1, 0.15) is 29.6 Å². The third-order valence-corrected chi connectivity index (χ3v) is 5.71. The first-order valence-corrected chi connectivity index (χ1v) is 10.7. The highest BCUT2D eigenvalue weighted by Crippen LogP contribution is 2.23. The fraction of sp³-hybridized carbons (Fsp3) is 0.417. The number of carbonyl (C=O) groups is 2. The molecule has 0 aliphatic carbocycles. The van der Waals surface area contributed by atoms with Gasteiger partial charge >= 0.3 is 0 Å². The summed E-state index contributed by atoms with van der Waals surface area (Å²) in [6.07, 6.45) is 1.90. The summed E-state index contributed by atoms with van der Waals surface area (Å²) in [6.45, 7) is 2.89. The van der Waals surface area contributed by atoms with Crippen molar-refractivity contribution in [2.24, 2.45) is 5.92 Å². The van der Waals surface area contributed by atoms with Crippen molar-refractivity contribution < 1.29 is 18.4 Å². The van der Waals surface area contributed by atoms with Gasteiger partial charge in [0, 0.05) is 31.7 Å². The van der Waals surface area contributed by atoms with Crippen LogP contribution >= 0.6 is 0 Å². The number of anilines is 1. The average Bonchev–Trinajstić information content (AvgIpc) is 2.79. The molecule has 0 unspecified atom stereocenters. The summed E-state index contributed by atoms with van der Waals surface area (Å²) < 4.78 is 27.2. The molecule has 1 aliphatic heterocycles. The van der Waals surface area contributed by atoms with E-state index >= 15 is 0 Å². The smallest absolute Gasteiger partial charge is 0.234 e. The number of likely N-dealkylation sites (tertiary alicyclic amines) is 1. The van der Waals surface area contributed by atoms with Gasteiger partial charge in [0.05, 0.1) is 12.1 Å². The summed E-state index contributed by atoms with van der Waals surface area (Å²) >= 11 is 0. The van der Waals surface area contributed by atoms with Gasteiger partial charge in [0.2, 0.25) is 5.91 Å². The lowest BCUT2D eigenvalue weighted by molar-refractivity contribution is -0.122. The molecule has 1 heterocycles. The lowest BCUT2D eigenvalue weighted by atomic mass is 9.88. The predicted molar refractivity (Wildman–Crippen MR) is 117 cm³/mol. The van der Waals surface area contributed by atoms with Gasteiger partial charge in [0.15, 0.2) is 5.78 Å². The summed E-state index contributed by atoms with van der Waals surface area (Å²) in [5.41, 5.74) is 0.959. The van der Waals surface area contributed by atoms with E-state index in [9.17, 15) is 18.4 Å². The van der Waals surface area contributed by atoms with Crippen LogP contribution in [-0.2, 0) is 4.79 Å². The molecule has 2 aromatic rings. The number of hydrogen-bond donors (Lipinski definition) is 1. The first-order valence-electron chi connectivity index (χ1n) is 10.7. The van der Waals surface area contributed by atoms with E-state index in [0.29, 0.717) is 32.5 Å². The standard InChI is InChI=1S/C24H29F2N3O2/c1-28(20-6-3-2-4-7-20)13-5-12-27-23(30)17-29-14-10-18(11-15-29)24(31)21-16-19(25)8-9-22(21)26/h2-4,6-9,16,18H,5,10-15,17H2,1H3,(H,27,30). The number of hydrogen-bond acceptors (Lipinski definition) is 4. The van der Waals surface area contributed by atoms with Crippen molar-refractivity contribution in [2.45, 2.75) is 19.3 Å². The maximum absolute atomic E-state index is 13.9. The third-order valence-electron chi connectivity index (χ3n) is 5.71. The van der Waals surface area contributed by atoms with Crippen molar-refractivity contribution in [3.8, 4) is 0 Å².